The molecule has 1 aromatic rings. The Morgan fingerprint density at radius 3 is 2.71 bits per heavy atom. The van der Waals surface area contributed by atoms with Crippen LogP contribution in [-0.4, -0.2) is 24.1 Å². The Kier molecular flexibility index (Phi) is 5.07. The maximum Gasteiger partial charge on any atom is 0.306 e. The van der Waals surface area contributed by atoms with E-state index in [2.05, 4.69) is 5.32 Å². The third-order valence-electron chi connectivity index (χ3n) is 3.89. The molecule has 1 aliphatic rings. The van der Waals surface area contributed by atoms with Crippen LogP contribution in [0.1, 0.15) is 24.8 Å². The SMILES string of the molecule is COc1cccc(Cl)c1CNC(=O)C1CCC(C(=O)O)C1. The molecule has 0 spiro atoms. The lowest BCUT2D eigenvalue weighted by Gasteiger charge is -2.14. The predicted octanol–water partition coefficient (Wildman–Crippen LogP) is 2.47. The largest absolute Gasteiger partial charge is 0.496 e. The molecule has 1 saturated carbocycles. The summed E-state index contributed by atoms with van der Waals surface area (Å²) in [6.07, 6.45) is 1.58. The van der Waals surface area contributed by atoms with Crippen LogP contribution in [0.2, 0.25) is 5.02 Å². The number of nitrogens with one attached hydrogen (secondary N) is 1. The van der Waals surface area contributed by atoms with E-state index in [9.17, 15) is 9.59 Å². The molecule has 2 N–H and O–H groups in total. The first-order valence-electron chi connectivity index (χ1n) is 6.84. The van der Waals surface area contributed by atoms with Gasteiger partial charge < -0.3 is 15.2 Å². The van der Waals surface area contributed by atoms with E-state index in [1.807, 2.05) is 0 Å². The number of rotatable bonds is 5. The van der Waals surface area contributed by atoms with E-state index >= 15 is 0 Å². The Bertz CT molecular complexity index is 546. The summed E-state index contributed by atoms with van der Waals surface area (Å²) in [5, 5.41) is 12.3. The van der Waals surface area contributed by atoms with E-state index in [-0.39, 0.29) is 18.4 Å². The fourth-order valence-corrected chi connectivity index (χ4v) is 2.90. The molecule has 0 aromatic heterocycles. The van der Waals surface area contributed by atoms with Crippen molar-refractivity contribution < 1.29 is 19.4 Å². The molecule has 21 heavy (non-hydrogen) atoms. The summed E-state index contributed by atoms with van der Waals surface area (Å²) in [6.45, 7) is 0.274. The van der Waals surface area contributed by atoms with Gasteiger partial charge in [0.15, 0.2) is 0 Å². The van der Waals surface area contributed by atoms with Crippen LogP contribution in [0.5, 0.6) is 5.75 Å². The van der Waals surface area contributed by atoms with Crippen LogP contribution >= 0.6 is 11.6 Å². The number of carboxylic acids is 1. The quantitative estimate of drug-likeness (QED) is 0.876. The summed E-state index contributed by atoms with van der Waals surface area (Å²) < 4.78 is 5.22. The number of aliphatic carboxylic acids is 1. The summed E-state index contributed by atoms with van der Waals surface area (Å²) in [5.74, 6) is -0.966. The van der Waals surface area contributed by atoms with Crippen molar-refractivity contribution in [3.8, 4) is 5.75 Å². The minimum Gasteiger partial charge on any atom is -0.496 e. The summed E-state index contributed by atoms with van der Waals surface area (Å²) in [7, 11) is 1.55. The molecule has 0 radical (unpaired) electrons. The van der Waals surface area contributed by atoms with Crippen molar-refractivity contribution in [1.29, 1.82) is 0 Å². The molecule has 1 aromatic carbocycles. The van der Waals surface area contributed by atoms with Crippen molar-refractivity contribution >= 4 is 23.5 Å². The highest BCUT2D eigenvalue weighted by molar-refractivity contribution is 6.31. The Hall–Kier alpha value is -1.75. The van der Waals surface area contributed by atoms with Crippen LogP contribution in [0.4, 0.5) is 0 Å². The van der Waals surface area contributed by atoms with Crippen molar-refractivity contribution in [1.82, 2.24) is 5.32 Å². The highest BCUT2D eigenvalue weighted by Gasteiger charge is 2.33. The first-order valence-corrected chi connectivity index (χ1v) is 7.22. The number of halogens is 1. The maximum absolute atomic E-state index is 12.1. The molecule has 0 saturated heterocycles. The summed E-state index contributed by atoms with van der Waals surface area (Å²) in [4.78, 5) is 23.0. The standard InChI is InChI=1S/C15H18ClNO4/c1-21-13-4-2-3-12(16)11(13)8-17-14(18)9-5-6-10(7-9)15(19)20/h2-4,9-10H,5-8H2,1H3,(H,17,18)(H,19,20). The molecule has 0 heterocycles. The van der Waals surface area contributed by atoms with Gasteiger partial charge in [-0.05, 0) is 31.4 Å². The smallest absolute Gasteiger partial charge is 0.306 e. The molecule has 6 heteroatoms. The third-order valence-corrected chi connectivity index (χ3v) is 4.24. The monoisotopic (exact) mass is 311 g/mol. The molecule has 1 amide bonds. The fraction of sp³-hybridized carbons (Fsp3) is 0.467. The Morgan fingerprint density at radius 1 is 1.38 bits per heavy atom. The van der Waals surface area contributed by atoms with E-state index in [1.165, 1.54) is 0 Å². The van der Waals surface area contributed by atoms with Gasteiger partial charge in [-0.15, -0.1) is 0 Å². The number of carbonyl (C=O) groups is 2. The van der Waals surface area contributed by atoms with Crippen molar-refractivity contribution in [2.45, 2.75) is 25.8 Å². The maximum atomic E-state index is 12.1. The zero-order valence-corrected chi connectivity index (χ0v) is 12.5. The molecule has 1 aliphatic carbocycles. The van der Waals surface area contributed by atoms with E-state index in [1.54, 1.807) is 25.3 Å². The second kappa shape index (κ2) is 6.80. The molecule has 2 rings (SSSR count). The molecule has 1 fully saturated rings. The van der Waals surface area contributed by atoms with Gasteiger partial charge in [0.1, 0.15) is 5.75 Å². The molecular weight excluding hydrogens is 294 g/mol. The number of ether oxygens (including phenoxy) is 1. The number of hydrogen-bond acceptors (Lipinski definition) is 3. The lowest BCUT2D eigenvalue weighted by atomic mass is 10.0. The number of carboxylic acid groups (broad SMARTS) is 1. The van der Waals surface area contributed by atoms with Crippen molar-refractivity contribution in [3.05, 3.63) is 28.8 Å². The highest BCUT2D eigenvalue weighted by Crippen LogP contribution is 2.31. The average molecular weight is 312 g/mol. The van der Waals surface area contributed by atoms with Gasteiger partial charge in [-0.2, -0.15) is 0 Å². The Morgan fingerprint density at radius 2 is 2.10 bits per heavy atom. The zero-order valence-electron chi connectivity index (χ0n) is 11.8. The number of benzene rings is 1. The van der Waals surface area contributed by atoms with Crippen molar-refractivity contribution in [2.75, 3.05) is 7.11 Å². The predicted molar refractivity (Wildman–Crippen MR) is 78.3 cm³/mol. The van der Waals surface area contributed by atoms with Crippen LogP contribution in [-0.2, 0) is 16.1 Å². The topological polar surface area (TPSA) is 75.6 Å². The van der Waals surface area contributed by atoms with E-state index in [0.717, 1.165) is 5.56 Å². The summed E-state index contributed by atoms with van der Waals surface area (Å²) in [6, 6.07) is 5.30. The van der Waals surface area contributed by atoms with Gasteiger partial charge in [-0.1, -0.05) is 17.7 Å². The molecule has 0 aliphatic heterocycles. The second-order valence-electron chi connectivity index (χ2n) is 5.18. The lowest BCUT2D eigenvalue weighted by molar-refractivity contribution is -0.141. The van der Waals surface area contributed by atoms with Crippen molar-refractivity contribution in [2.24, 2.45) is 11.8 Å². The molecular formula is C15H18ClNO4. The van der Waals surface area contributed by atoms with Gasteiger partial charge in [-0.25, -0.2) is 0 Å². The second-order valence-corrected chi connectivity index (χ2v) is 5.59. The molecule has 2 unspecified atom stereocenters. The Balaban J connectivity index is 1.95. The third kappa shape index (κ3) is 3.67. The van der Waals surface area contributed by atoms with Gasteiger partial charge in [-0.3, -0.25) is 9.59 Å². The summed E-state index contributed by atoms with van der Waals surface area (Å²) in [5.41, 5.74) is 0.725. The van der Waals surface area contributed by atoms with E-state index in [4.69, 9.17) is 21.4 Å². The van der Waals surface area contributed by atoms with Crippen LogP contribution in [0.15, 0.2) is 18.2 Å². The normalized spacial score (nSPS) is 21.0. The Labute approximate surface area is 128 Å². The van der Waals surface area contributed by atoms with E-state index in [0.29, 0.717) is 30.0 Å². The first kappa shape index (κ1) is 15.6. The number of hydrogen-bond donors (Lipinski definition) is 2. The first-order chi connectivity index (χ1) is 10.0. The minimum atomic E-state index is -0.821. The number of amides is 1. The van der Waals surface area contributed by atoms with Gasteiger partial charge >= 0.3 is 5.97 Å². The molecule has 2 atom stereocenters. The van der Waals surface area contributed by atoms with Crippen LogP contribution in [0.25, 0.3) is 0 Å². The number of carbonyl (C=O) groups excluding carboxylic acids is 1. The van der Waals surface area contributed by atoms with Gasteiger partial charge in [0.25, 0.3) is 0 Å². The van der Waals surface area contributed by atoms with E-state index < -0.39 is 11.9 Å². The van der Waals surface area contributed by atoms with Gasteiger partial charge in [0, 0.05) is 23.0 Å². The van der Waals surface area contributed by atoms with Gasteiger partial charge in [0.2, 0.25) is 5.91 Å². The molecule has 114 valence electrons. The molecule has 5 nitrogen and oxygen atoms in total. The van der Waals surface area contributed by atoms with Crippen LogP contribution < -0.4 is 10.1 Å². The van der Waals surface area contributed by atoms with Crippen molar-refractivity contribution in [3.63, 3.8) is 0 Å². The average Bonchev–Trinajstić information content (AvgIpc) is 2.95. The minimum absolute atomic E-state index is 0.124. The summed E-state index contributed by atoms with van der Waals surface area (Å²) >= 11 is 6.11. The molecule has 0 bridgehead atoms. The van der Waals surface area contributed by atoms with Gasteiger partial charge in [0.05, 0.1) is 13.0 Å². The highest BCUT2D eigenvalue weighted by atomic mass is 35.5. The number of methoxy groups -OCH3 is 1. The lowest BCUT2D eigenvalue weighted by Crippen LogP contribution is -2.29. The van der Waals surface area contributed by atoms with Crippen LogP contribution in [0.3, 0.4) is 0 Å². The fourth-order valence-electron chi connectivity index (χ4n) is 2.67. The van der Waals surface area contributed by atoms with Crippen LogP contribution in [0, 0.1) is 11.8 Å². The zero-order chi connectivity index (χ0) is 15.4.